The molecule has 0 aliphatic heterocycles. The molecule has 0 bridgehead atoms. The van der Waals surface area contributed by atoms with Crippen LogP contribution in [0.25, 0.3) is 21.9 Å². The molecule has 0 spiro atoms. The van der Waals surface area contributed by atoms with Crippen molar-refractivity contribution in [1.82, 2.24) is 0 Å². The third-order valence-corrected chi connectivity index (χ3v) is 5.26. The van der Waals surface area contributed by atoms with Crippen molar-refractivity contribution >= 4 is 10.8 Å². The van der Waals surface area contributed by atoms with Gasteiger partial charge in [0.15, 0.2) is 0 Å². The van der Waals surface area contributed by atoms with Crippen LogP contribution < -0.4 is 0 Å². The summed E-state index contributed by atoms with van der Waals surface area (Å²) < 4.78 is 0. The summed E-state index contributed by atoms with van der Waals surface area (Å²) in [6.45, 7) is 2.29. The molecule has 0 N–H and O–H groups in total. The molecule has 116 valence electrons. The molecule has 0 aromatic heterocycles. The Morgan fingerprint density at radius 2 is 1.65 bits per heavy atom. The van der Waals surface area contributed by atoms with Gasteiger partial charge >= 0.3 is 0 Å². The lowest BCUT2D eigenvalue weighted by atomic mass is 9.80. The van der Waals surface area contributed by atoms with Gasteiger partial charge in [-0.15, -0.1) is 0 Å². The number of aryl methyl sites for hydroxylation is 2. The van der Waals surface area contributed by atoms with Crippen molar-refractivity contribution in [2.24, 2.45) is 0 Å². The summed E-state index contributed by atoms with van der Waals surface area (Å²) in [5.41, 5.74) is 7.67. The van der Waals surface area contributed by atoms with Gasteiger partial charge in [-0.2, -0.15) is 0 Å². The summed E-state index contributed by atoms with van der Waals surface area (Å²) in [5, 5.41) is 2.87. The fourth-order valence-electron chi connectivity index (χ4n) is 4.09. The molecule has 0 unspecified atom stereocenters. The van der Waals surface area contributed by atoms with E-state index in [0.717, 1.165) is 0 Å². The van der Waals surface area contributed by atoms with Crippen molar-refractivity contribution in [3.63, 3.8) is 0 Å². The Bertz CT molecular complexity index is 842. The van der Waals surface area contributed by atoms with Crippen molar-refractivity contribution in [3.05, 3.63) is 71.3 Å². The fraction of sp³-hybridized carbons (Fsp3) is 0.304. The van der Waals surface area contributed by atoms with Crippen molar-refractivity contribution in [2.45, 2.75) is 45.4 Å². The highest BCUT2D eigenvalue weighted by molar-refractivity contribution is 5.93. The van der Waals surface area contributed by atoms with Crippen molar-refractivity contribution < 1.29 is 0 Å². The normalized spacial score (nSPS) is 12.9. The lowest BCUT2D eigenvalue weighted by Gasteiger charge is -2.24. The average Bonchev–Trinajstić information content (AvgIpc) is 2.61. The van der Waals surface area contributed by atoms with Crippen LogP contribution in [0, 0.1) is 0 Å². The molecule has 23 heavy (non-hydrogen) atoms. The Balaban J connectivity index is 1.93. The Kier molecular flexibility index (Phi) is 3.91. The summed E-state index contributed by atoms with van der Waals surface area (Å²) in [4.78, 5) is 0. The van der Waals surface area contributed by atoms with Gasteiger partial charge in [-0.1, -0.05) is 68.3 Å². The predicted molar refractivity (Wildman–Crippen MR) is 100 cm³/mol. The fourth-order valence-corrected chi connectivity index (χ4v) is 4.09. The smallest absolute Gasteiger partial charge is 0.0140 e. The first-order valence-electron chi connectivity index (χ1n) is 9.00. The molecule has 0 saturated heterocycles. The van der Waals surface area contributed by atoms with Gasteiger partial charge in [0.2, 0.25) is 0 Å². The van der Waals surface area contributed by atoms with Gasteiger partial charge in [0.1, 0.15) is 0 Å². The van der Waals surface area contributed by atoms with Crippen molar-refractivity contribution in [1.29, 1.82) is 0 Å². The summed E-state index contributed by atoms with van der Waals surface area (Å²) >= 11 is 0. The first-order valence-corrected chi connectivity index (χ1v) is 9.00. The van der Waals surface area contributed by atoms with Gasteiger partial charge in [0, 0.05) is 0 Å². The van der Waals surface area contributed by atoms with Gasteiger partial charge in [-0.25, -0.2) is 0 Å². The van der Waals surface area contributed by atoms with Gasteiger partial charge in [0.25, 0.3) is 0 Å². The predicted octanol–water partition coefficient (Wildman–Crippen LogP) is 6.34. The molecule has 3 aromatic carbocycles. The van der Waals surface area contributed by atoms with Crippen molar-refractivity contribution in [3.8, 4) is 11.1 Å². The van der Waals surface area contributed by atoms with E-state index in [2.05, 4.69) is 61.5 Å². The zero-order valence-electron chi connectivity index (χ0n) is 13.9. The maximum atomic E-state index is 2.42. The molecule has 0 nitrogen and oxygen atoms in total. The molecule has 1 aliphatic rings. The van der Waals surface area contributed by atoms with E-state index >= 15 is 0 Å². The highest BCUT2D eigenvalue weighted by atomic mass is 14.2. The minimum atomic E-state index is 1.18. The first-order chi connectivity index (χ1) is 11.4. The van der Waals surface area contributed by atoms with Crippen LogP contribution in [0.4, 0.5) is 0 Å². The van der Waals surface area contributed by atoms with E-state index < -0.39 is 0 Å². The Hall–Kier alpha value is -2.08. The number of hydrogen-bond acceptors (Lipinski definition) is 0. The highest BCUT2D eigenvalue weighted by Crippen LogP contribution is 2.39. The quantitative estimate of drug-likeness (QED) is 0.493. The van der Waals surface area contributed by atoms with E-state index in [1.165, 1.54) is 66.0 Å². The molecule has 0 saturated carbocycles. The van der Waals surface area contributed by atoms with Crippen LogP contribution in [0.5, 0.6) is 0 Å². The van der Waals surface area contributed by atoms with Gasteiger partial charge < -0.3 is 0 Å². The van der Waals surface area contributed by atoms with E-state index in [4.69, 9.17) is 0 Å². The minimum Gasteiger partial charge on any atom is -0.0654 e. The van der Waals surface area contributed by atoms with Gasteiger partial charge in [0.05, 0.1) is 0 Å². The van der Waals surface area contributed by atoms with E-state index in [9.17, 15) is 0 Å². The maximum Gasteiger partial charge on any atom is -0.0140 e. The molecule has 0 amide bonds. The molecular formula is C23H24. The van der Waals surface area contributed by atoms with Gasteiger partial charge in [-0.3, -0.25) is 0 Å². The van der Waals surface area contributed by atoms with Crippen molar-refractivity contribution in [2.75, 3.05) is 0 Å². The molecule has 0 heteroatoms. The third kappa shape index (κ3) is 2.57. The van der Waals surface area contributed by atoms with Crippen LogP contribution in [0.3, 0.4) is 0 Å². The van der Waals surface area contributed by atoms with E-state index in [1.54, 1.807) is 11.1 Å². The molecule has 3 aromatic rings. The van der Waals surface area contributed by atoms with E-state index in [0.29, 0.717) is 0 Å². The molecule has 0 heterocycles. The Labute approximate surface area is 139 Å². The van der Waals surface area contributed by atoms with Crippen LogP contribution in [0.1, 0.15) is 42.9 Å². The molecule has 4 rings (SSSR count). The second kappa shape index (κ2) is 6.20. The summed E-state index contributed by atoms with van der Waals surface area (Å²) in [5.74, 6) is 0. The summed E-state index contributed by atoms with van der Waals surface area (Å²) in [6, 6.07) is 20.3. The second-order valence-corrected chi connectivity index (χ2v) is 6.72. The van der Waals surface area contributed by atoms with Crippen LogP contribution >= 0.6 is 0 Å². The number of unbranched alkanes of at least 4 members (excludes halogenated alkanes) is 2. The third-order valence-electron chi connectivity index (χ3n) is 5.26. The highest BCUT2D eigenvalue weighted by Gasteiger charge is 2.20. The first kappa shape index (κ1) is 14.5. The number of hydrogen-bond donors (Lipinski definition) is 0. The molecule has 0 radical (unpaired) electrons. The summed E-state index contributed by atoms with van der Waals surface area (Å²) in [7, 11) is 0. The minimum absolute atomic E-state index is 1.18. The largest absolute Gasteiger partial charge is 0.0654 e. The molecule has 1 aliphatic carbocycles. The monoisotopic (exact) mass is 300 g/mol. The van der Waals surface area contributed by atoms with Crippen LogP contribution in [0.2, 0.25) is 0 Å². The zero-order valence-corrected chi connectivity index (χ0v) is 13.9. The Morgan fingerprint density at radius 3 is 2.57 bits per heavy atom. The van der Waals surface area contributed by atoms with Crippen LogP contribution in [0.15, 0.2) is 54.6 Å². The molecule has 0 fully saturated rings. The van der Waals surface area contributed by atoms with Crippen LogP contribution in [-0.4, -0.2) is 0 Å². The summed E-state index contributed by atoms with van der Waals surface area (Å²) in [6.07, 6.45) is 7.52. The second-order valence-electron chi connectivity index (χ2n) is 6.72. The SMILES string of the molecule is CCCCCc1c2c(cc3ccccc13)-c1ccccc1CC2. The maximum absolute atomic E-state index is 2.42. The standard InChI is InChI=1S/C23H24/c1-2-3-4-13-21-20-12-8-6-10-18(20)16-23-19-11-7-5-9-17(19)14-15-22(21)23/h5-12,16H,2-4,13-15H2,1H3. The Morgan fingerprint density at radius 1 is 0.826 bits per heavy atom. The van der Waals surface area contributed by atoms with Gasteiger partial charge in [-0.05, 0) is 70.3 Å². The lowest BCUT2D eigenvalue weighted by Crippen LogP contribution is -2.08. The lowest BCUT2D eigenvalue weighted by molar-refractivity contribution is 0.714. The topological polar surface area (TPSA) is 0 Å². The van der Waals surface area contributed by atoms with E-state index in [1.807, 2.05) is 0 Å². The van der Waals surface area contributed by atoms with E-state index in [-0.39, 0.29) is 0 Å². The average molecular weight is 300 g/mol. The number of fused-ring (bicyclic) bond motifs is 4. The number of rotatable bonds is 4. The van der Waals surface area contributed by atoms with Crippen LogP contribution in [-0.2, 0) is 19.3 Å². The molecule has 0 atom stereocenters. The zero-order chi connectivity index (χ0) is 15.6. The molecular weight excluding hydrogens is 276 g/mol. The number of benzene rings is 3.